The third-order valence-corrected chi connectivity index (χ3v) is 3.38. The van der Waals surface area contributed by atoms with Gasteiger partial charge in [0.05, 0.1) is 18.4 Å². The largest absolute Gasteiger partial charge is 0.465 e. The van der Waals surface area contributed by atoms with Crippen LogP contribution in [-0.4, -0.2) is 19.0 Å². The van der Waals surface area contributed by atoms with Crippen molar-refractivity contribution in [3.8, 4) is 0 Å². The highest BCUT2D eigenvalue weighted by Crippen LogP contribution is 2.24. The van der Waals surface area contributed by atoms with Crippen LogP contribution in [0.15, 0.2) is 24.3 Å². The molecule has 0 saturated heterocycles. The van der Waals surface area contributed by atoms with Gasteiger partial charge in [-0.2, -0.15) is 0 Å². The van der Waals surface area contributed by atoms with E-state index in [1.165, 1.54) is 7.11 Å². The Morgan fingerprint density at radius 1 is 1.21 bits per heavy atom. The summed E-state index contributed by atoms with van der Waals surface area (Å²) in [5.74, 6) is -0.367. The predicted molar refractivity (Wildman–Crippen MR) is 71.5 cm³/mol. The molecule has 1 amide bonds. The van der Waals surface area contributed by atoms with Gasteiger partial charge in [0, 0.05) is 5.92 Å². The standard InChI is InChI=1S/C14H18N2O3/c1-19-14(18)11-8-4-5-9-12(11)15-16-13(17)10-6-2-3-7-10/h4-5,8-10,15H,2-3,6-7H2,1H3,(H,16,17). The molecule has 1 saturated carbocycles. The van der Waals surface area contributed by atoms with Gasteiger partial charge in [0.15, 0.2) is 0 Å². The van der Waals surface area contributed by atoms with Crippen LogP contribution in [0.2, 0.25) is 0 Å². The van der Waals surface area contributed by atoms with Gasteiger partial charge in [-0.1, -0.05) is 25.0 Å². The summed E-state index contributed by atoms with van der Waals surface area (Å²) in [4.78, 5) is 23.4. The second-order valence-corrected chi connectivity index (χ2v) is 4.63. The minimum Gasteiger partial charge on any atom is -0.465 e. The van der Waals surface area contributed by atoms with Crippen LogP contribution in [0, 0.1) is 5.92 Å². The van der Waals surface area contributed by atoms with Crippen molar-refractivity contribution in [1.82, 2.24) is 5.43 Å². The number of amides is 1. The Labute approximate surface area is 112 Å². The first kappa shape index (κ1) is 13.4. The fourth-order valence-corrected chi connectivity index (χ4v) is 2.30. The number of carbonyl (C=O) groups excluding carboxylic acids is 2. The molecule has 2 N–H and O–H groups in total. The second kappa shape index (κ2) is 6.22. The number of hydrogen-bond donors (Lipinski definition) is 2. The van der Waals surface area contributed by atoms with E-state index < -0.39 is 5.97 Å². The maximum Gasteiger partial charge on any atom is 0.340 e. The SMILES string of the molecule is COC(=O)c1ccccc1NNC(=O)C1CCCC1. The molecule has 2 rings (SSSR count). The number of para-hydroxylation sites is 1. The van der Waals surface area contributed by atoms with Gasteiger partial charge < -0.3 is 4.74 Å². The zero-order valence-electron chi connectivity index (χ0n) is 10.9. The summed E-state index contributed by atoms with van der Waals surface area (Å²) in [6, 6.07) is 6.91. The molecule has 0 bridgehead atoms. The monoisotopic (exact) mass is 262 g/mol. The number of esters is 1. The van der Waals surface area contributed by atoms with Crippen LogP contribution in [0.25, 0.3) is 0 Å². The normalized spacial score (nSPS) is 15.0. The van der Waals surface area contributed by atoms with E-state index in [-0.39, 0.29) is 11.8 Å². The van der Waals surface area contributed by atoms with Crippen molar-refractivity contribution in [2.75, 3.05) is 12.5 Å². The lowest BCUT2D eigenvalue weighted by molar-refractivity contribution is -0.124. The molecule has 5 heteroatoms. The van der Waals surface area contributed by atoms with Gasteiger partial charge in [-0.3, -0.25) is 15.6 Å². The average molecular weight is 262 g/mol. The molecular formula is C14H18N2O3. The molecule has 0 aliphatic heterocycles. The molecule has 0 spiro atoms. The molecular weight excluding hydrogens is 244 g/mol. The molecule has 0 heterocycles. The number of ether oxygens (including phenoxy) is 1. The van der Waals surface area contributed by atoms with Crippen molar-refractivity contribution in [2.45, 2.75) is 25.7 Å². The van der Waals surface area contributed by atoms with Crippen molar-refractivity contribution in [3.63, 3.8) is 0 Å². The summed E-state index contributed by atoms with van der Waals surface area (Å²) in [5.41, 5.74) is 6.41. The van der Waals surface area contributed by atoms with Crippen LogP contribution in [0.4, 0.5) is 5.69 Å². The zero-order chi connectivity index (χ0) is 13.7. The minimum absolute atomic E-state index is 0.0165. The Hall–Kier alpha value is -2.04. The van der Waals surface area contributed by atoms with Crippen LogP contribution < -0.4 is 10.9 Å². The molecule has 0 unspecified atom stereocenters. The Morgan fingerprint density at radius 2 is 1.89 bits per heavy atom. The van der Waals surface area contributed by atoms with Crippen LogP contribution in [0.5, 0.6) is 0 Å². The van der Waals surface area contributed by atoms with Crippen molar-refractivity contribution in [2.24, 2.45) is 5.92 Å². The lowest BCUT2D eigenvalue weighted by Gasteiger charge is -2.14. The number of carbonyl (C=O) groups is 2. The van der Waals surface area contributed by atoms with Gasteiger partial charge in [-0.05, 0) is 25.0 Å². The quantitative estimate of drug-likeness (QED) is 0.644. The second-order valence-electron chi connectivity index (χ2n) is 4.63. The molecule has 0 aromatic heterocycles. The van der Waals surface area contributed by atoms with E-state index in [1.54, 1.807) is 24.3 Å². The van der Waals surface area contributed by atoms with Gasteiger partial charge in [0.1, 0.15) is 0 Å². The summed E-state index contributed by atoms with van der Waals surface area (Å²) in [5, 5.41) is 0. The van der Waals surface area contributed by atoms with Crippen molar-refractivity contribution >= 4 is 17.6 Å². The lowest BCUT2D eigenvalue weighted by Crippen LogP contribution is -2.34. The number of hydrogen-bond acceptors (Lipinski definition) is 4. The van der Waals surface area contributed by atoms with Crippen molar-refractivity contribution in [1.29, 1.82) is 0 Å². The van der Waals surface area contributed by atoms with E-state index in [4.69, 9.17) is 4.74 Å². The van der Waals surface area contributed by atoms with E-state index in [1.807, 2.05) is 0 Å². The summed E-state index contributed by atoms with van der Waals surface area (Å²) < 4.78 is 4.69. The molecule has 0 radical (unpaired) electrons. The van der Waals surface area contributed by atoms with Crippen LogP contribution >= 0.6 is 0 Å². The summed E-state index contributed by atoms with van der Waals surface area (Å²) in [7, 11) is 1.33. The maximum atomic E-state index is 11.9. The number of methoxy groups -OCH3 is 1. The third kappa shape index (κ3) is 3.24. The Balaban J connectivity index is 1.99. The van der Waals surface area contributed by atoms with E-state index in [2.05, 4.69) is 10.9 Å². The maximum absolute atomic E-state index is 11.9. The minimum atomic E-state index is -0.432. The van der Waals surface area contributed by atoms with Crippen molar-refractivity contribution in [3.05, 3.63) is 29.8 Å². The van der Waals surface area contributed by atoms with Crippen LogP contribution in [-0.2, 0) is 9.53 Å². The molecule has 102 valence electrons. The molecule has 1 aromatic rings. The number of rotatable bonds is 4. The number of hydrazine groups is 1. The van der Waals surface area contributed by atoms with Gasteiger partial charge >= 0.3 is 5.97 Å². The van der Waals surface area contributed by atoms with Gasteiger partial charge in [0.25, 0.3) is 0 Å². The fourth-order valence-electron chi connectivity index (χ4n) is 2.30. The Morgan fingerprint density at radius 3 is 2.58 bits per heavy atom. The number of benzene rings is 1. The van der Waals surface area contributed by atoms with Gasteiger partial charge in [-0.15, -0.1) is 0 Å². The zero-order valence-corrected chi connectivity index (χ0v) is 10.9. The summed E-state index contributed by atoms with van der Waals surface area (Å²) in [6.45, 7) is 0. The smallest absolute Gasteiger partial charge is 0.340 e. The summed E-state index contributed by atoms with van der Waals surface area (Å²) >= 11 is 0. The first-order valence-corrected chi connectivity index (χ1v) is 6.45. The van der Waals surface area contributed by atoms with Crippen molar-refractivity contribution < 1.29 is 14.3 Å². The first-order valence-electron chi connectivity index (χ1n) is 6.45. The Kier molecular flexibility index (Phi) is 4.39. The number of anilines is 1. The molecule has 1 aromatic carbocycles. The van der Waals surface area contributed by atoms with Crippen LogP contribution in [0.3, 0.4) is 0 Å². The molecule has 19 heavy (non-hydrogen) atoms. The Bertz CT molecular complexity index is 468. The average Bonchev–Trinajstić information content (AvgIpc) is 2.98. The van der Waals surface area contributed by atoms with E-state index in [9.17, 15) is 9.59 Å². The van der Waals surface area contributed by atoms with E-state index in [0.717, 1.165) is 25.7 Å². The molecule has 1 fully saturated rings. The first-order chi connectivity index (χ1) is 9.22. The lowest BCUT2D eigenvalue weighted by atomic mass is 10.1. The van der Waals surface area contributed by atoms with Crippen LogP contribution in [0.1, 0.15) is 36.0 Å². The van der Waals surface area contributed by atoms with Gasteiger partial charge in [0.2, 0.25) is 5.91 Å². The van der Waals surface area contributed by atoms with Gasteiger partial charge in [-0.25, -0.2) is 4.79 Å². The predicted octanol–water partition coefficient (Wildman–Crippen LogP) is 2.11. The number of nitrogens with one attached hydrogen (secondary N) is 2. The third-order valence-electron chi connectivity index (χ3n) is 3.38. The topological polar surface area (TPSA) is 67.4 Å². The highest BCUT2D eigenvalue weighted by molar-refractivity contribution is 5.96. The highest BCUT2D eigenvalue weighted by atomic mass is 16.5. The highest BCUT2D eigenvalue weighted by Gasteiger charge is 2.22. The molecule has 0 atom stereocenters. The van der Waals surface area contributed by atoms with E-state index in [0.29, 0.717) is 11.3 Å². The fraction of sp³-hybridized carbons (Fsp3) is 0.429. The molecule has 5 nitrogen and oxygen atoms in total. The van der Waals surface area contributed by atoms with E-state index >= 15 is 0 Å². The summed E-state index contributed by atoms with van der Waals surface area (Å²) in [6.07, 6.45) is 4.09. The molecule has 1 aliphatic carbocycles. The molecule has 1 aliphatic rings.